The number of aromatic nitrogens is 3. The number of pyridine rings is 1. The maximum Gasteiger partial charge on any atom is 0.257 e. The Morgan fingerprint density at radius 3 is 2.75 bits per heavy atom. The van der Waals surface area contributed by atoms with Gasteiger partial charge in [-0.25, -0.2) is 9.97 Å². The van der Waals surface area contributed by atoms with Gasteiger partial charge in [0.2, 0.25) is 0 Å². The number of rotatable bonds is 3. The molecule has 2 aromatic heterocycles. The second kappa shape index (κ2) is 8.04. The molecule has 4 rings (SSSR count). The van der Waals surface area contributed by atoms with E-state index in [1.165, 1.54) is 0 Å². The van der Waals surface area contributed by atoms with E-state index in [9.17, 15) is 4.79 Å². The molecule has 1 aliphatic heterocycles. The molecule has 28 heavy (non-hydrogen) atoms. The first-order chi connectivity index (χ1) is 13.8. The van der Waals surface area contributed by atoms with Gasteiger partial charge in [0.15, 0.2) is 17.3 Å². The first kappa shape index (κ1) is 17.9. The van der Waals surface area contributed by atoms with Crippen LogP contribution in [0.1, 0.15) is 22.3 Å². The smallest absolute Gasteiger partial charge is 0.257 e. The molecule has 0 aliphatic carbocycles. The van der Waals surface area contributed by atoms with Crippen molar-refractivity contribution in [1.29, 1.82) is 0 Å². The summed E-state index contributed by atoms with van der Waals surface area (Å²) in [6, 6.07) is 9.42. The lowest BCUT2D eigenvalue weighted by Gasteiger charge is -2.27. The maximum absolute atomic E-state index is 13.0. The predicted molar refractivity (Wildman–Crippen MR) is 103 cm³/mol. The molecule has 0 saturated heterocycles. The number of benzene rings is 1. The zero-order chi connectivity index (χ0) is 19.3. The molecule has 0 atom stereocenters. The van der Waals surface area contributed by atoms with E-state index >= 15 is 0 Å². The lowest BCUT2D eigenvalue weighted by Crippen LogP contribution is -2.34. The summed E-state index contributed by atoms with van der Waals surface area (Å²) >= 11 is 0. The van der Waals surface area contributed by atoms with Crippen molar-refractivity contribution in [3.05, 3.63) is 66.2 Å². The molecule has 7 heteroatoms. The van der Waals surface area contributed by atoms with E-state index in [-0.39, 0.29) is 5.91 Å². The van der Waals surface area contributed by atoms with Gasteiger partial charge >= 0.3 is 0 Å². The standard InChI is InChI=1S/C21H20N4O3/c1-27-18-7-2-5-16-14-25(9-4-10-28-19(16)18)21(26)17-12-23-20(24-13-17)15-6-3-8-22-11-15/h2-3,5-8,11-13H,4,9-10,14H2,1H3. The van der Waals surface area contributed by atoms with Crippen molar-refractivity contribution >= 4 is 5.91 Å². The molecule has 7 nitrogen and oxygen atoms in total. The van der Waals surface area contributed by atoms with Gasteiger partial charge in [0, 0.05) is 49.0 Å². The molecule has 0 unspecified atom stereocenters. The zero-order valence-electron chi connectivity index (χ0n) is 15.5. The minimum absolute atomic E-state index is 0.103. The number of methoxy groups -OCH3 is 1. The van der Waals surface area contributed by atoms with Crippen LogP contribution in [-0.2, 0) is 6.54 Å². The Bertz CT molecular complexity index is 961. The number of nitrogens with zero attached hydrogens (tertiary/aromatic N) is 4. The van der Waals surface area contributed by atoms with Crippen LogP contribution in [0.25, 0.3) is 11.4 Å². The molecule has 0 N–H and O–H groups in total. The van der Waals surface area contributed by atoms with Crippen LogP contribution in [0.2, 0.25) is 0 Å². The second-order valence-corrected chi connectivity index (χ2v) is 6.41. The van der Waals surface area contributed by atoms with Gasteiger partial charge in [-0.1, -0.05) is 12.1 Å². The maximum atomic E-state index is 13.0. The van der Waals surface area contributed by atoms with E-state index in [0.717, 1.165) is 17.5 Å². The largest absolute Gasteiger partial charge is 0.493 e. The fourth-order valence-electron chi connectivity index (χ4n) is 3.16. The molecule has 0 spiro atoms. The van der Waals surface area contributed by atoms with Crippen molar-refractivity contribution in [1.82, 2.24) is 19.9 Å². The molecule has 1 aliphatic rings. The minimum atomic E-state index is -0.103. The summed E-state index contributed by atoms with van der Waals surface area (Å²) in [6.45, 7) is 1.56. The molecule has 0 bridgehead atoms. The number of para-hydroxylation sites is 1. The quantitative estimate of drug-likeness (QED) is 0.699. The van der Waals surface area contributed by atoms with Crippen molar-refractivity contribution in [2.24, 2.45) is 0 Å². The third-order valence-corrected chi connectivity index (χ3v) is 4.57. The normalized spacial score (nSPS) is 13.7. The lowest BCUT2D eigenvalue weighted by molar-refractivity contribution is 0.0720. The van der Waals surface area contributed by atoms with Crippen molar-refractivity contribution < 1.29 is 14.3 Å². The monoisotopic (exact) mass is 376 g/mol. The van der Waals surface area contributed by atoms with Crippen molar-refractivity contribution in [3.63, 3.8) is 0 Å². The van der Waals surface area contributed by atoms with Gasteiger partial charge in [0.25, 0.3) is 5.91 Å². The fraction of sp³-hybridized carbons (Fsp3) is 0.238. The number of carbonyl (C=O) groups excluding carboxylic acids is 1. The first-order valence-corrected chi connectivity index (χ1v) is 9.06. The second-order valence-electron chi connectivity index (χ2n) is 6.41. The van der Waals surface area contributed by atoms with Crippen LogP contribution in [0.4, 0.5) is 0 Å². The molecule has 1 amide bonds. The van der Waals surface area contributed by atoms with Crippen molar-refractivity contribution in [2.75, 3.05) is 20.3 Å². The van der Waals surface area contributed by atoms with E-state index in [0.29, 0.717) is 42.6 Å². The van der Waals surface area contributed by atoms with Gasteiger partial charge < -0.3 is 14.4 Å². The Kier molecular flexibility index (Phi) is 5.14. The number of hydrogen-bond acceptors (Lipinski definition) is 6. The number of ether oxygens (including phenoxy) is 2. The number of hydrogen-bond donors (Lipinski definition) is 0. The average molecular weight is 376 g/mol. The summed E-state index contributed by atoms with van der Waals surface area (Å²) in [4.78, 5) is 27.6. The van der Waals surface area contributed by atoms with Gasteiger partial charge in [-0.3, -0.25) is 9.78 Å². The summed E-state index contributed by atoms with van der Waals surface area (Å²) in [5.41, 5.74) is 2.19. The fourth-order valence-corrected chi connectivity index (χ4v) is 3.16. The van der Waals surface area contributed by atoms with Gasteiger partial charge in [-0.2, -0.15) is 0 Å². The Hall–Kier alpha value is -3.48. The van der Waals surface area contributed by atoms with Crippen LogP contribution in [0.5, 0.6) is 11.5 Å². The summed E-state index contributed by atoms with van der Waals surface area (Å²) in [7, 11) is 1.61. The molecular formula is C21H20N4O3. The summed E-state index contributed by atoms with van der Waals surface area (Å²) < 4.78 is 11.2. The van der Waals surface area contributed by atoms with Crippen LogP contribution in [-0.4, -0.2) is 46.0 Å². The van der Waals surface area contributed by atoms with E-state index in [4.69, 9.17) is 9.47 Å². The molecule has 0 fully saturated rings. The summed E-state index contributed by atoms with van der Waals surface area (Å²) in [6.07, 6.45) is 7.26. The molecule has 1 aromatic carbocycles. The van der Waals surface area contributed by atoms with E-state index in [2.05, 4.69) is 15.0 Å². The molecule has 0 radical (unpaired) electrons. The molecule has 0 saturated carbocycles. The highest BCUT2D eigenvalue weighted by Crippen LogP contribution is 2.33. The highest BCUT2D eigenvalue weighted by Gasteiger charge is 2.22. The summed E-state index contributed by atoms with van der Waals surface area (Å²) in [5.74, 6) is 1.82. The van der Waals surface area contributed by atoms with E-state index in [1.54, 1.807) is 36.8 Å². The lowest BCUT2D eigenvalue weighted by atomic mass is 10.1. The molecule has 142 valence electrons. The van der Waals surface area contributed by atoms with Crippen molar-refractivity contribution in [2.45, 2.75) is 13.0 Å². The molecule has 3 aromatic rings. The van der Waals surface area contributed by atoms with Crippen LogP contribution in [0.15, 0.2) is 55.1 Å². The third kappa shape index (κ3) is 3.64. The van der Waals surface area contributed by atoms with Gasteiger partial charge in [-0.15, -0.1) is 0 Å². The Labute approximate surface area is 163 Å². The van der Waals surface area contributed by atoms with Gasteiger partial charge in [-0.05, 0) is 24.6 Å². The Morgan fingerprint density at radius 2 is 2.00 bits per heavy atom. The number of carbonyl (C=O) groups is 1. The summed E-state index contributed by atoms with van der Waals surface area (Å²) in [5, 5.41) is 0. The van der Waals surface area contributed by atoms with Crippen LogP contribution in [0, 0.1) is 0 Å². The highest BCUT2D eigenvalue weighted by atomic mass is 16.5. The third-order valence-electron chi connectivity index (χ3n) is 4.57. The van der Waals surface area contributed by atoms with Crippen LogP contribution < -0.4 is 9.47 Å². The average Bonchev–Trinajstić information content (AvgIpc) is 2.74. The van der Waals surface area contributed by atoms with Gasteiger partial charge in [0.05, 0.1) is 19.3 Å². The zero-order valence-corrected chi connectivity index (χ0v) is 15.5. The van der Waals surface area contributed by atoms with E-state index < -0.39 is 0 Å². The predicted octanol–water partition coefficient (Wildman–Crippen LogP) is 2.97. The first-order valence-electron chi connectivity index (χ1n) is 9.06. The Balaban J connectivity index is 1.57. The minimum Gasteiger partial charge on any atom is -0.493 e. The number of fused-ring (bicyclic) bond motifs is 1. The number of amides is 1. The molecule has 3 heterocycles. The highest BCUT2D eigenvalue weighted by molar-refractivity contribution is 5.93. The molecular weight excluding hydrogens is 356 g/mol. The Morgan fingerprint density at radius 1 is 1.14 bits per heavy atom. The topological polar surface area (TPSA) is 77.4 Å². The van der Waals surface area contributed by atoms with Gasteiger partial charge in [0.1, 0.15) is 0 Å². The van der Waals surface area contributed by atoms with Crippen LogP contribution >= 0.6 is 0 Å². The van der Waals surface area contributed by atoms with Crippen molar-refractivity contribution in [3.8, 4) is 22.9 Å². The van der Waals surface area contributed by atoms with E-state index in [1.807, 2.05) is 30.3 Å². The van der Waals surface area contributed by atoms with Crippen LogP contribution in [0.3, 0.4) is 0 Å². The SMILES string of the molecule is COc1cccc2c1OCCCN(C(=O)c1cnc(-c3cccnc3)nc1)C2.